The molecule has 0 unspecified atom stereocenters. The predicted octanol–water partition coefficient (Wildman–Crippen LogP) is 1.76. The molecule has 92 valence electrons. The van der Waals surface area contributed by atoms with Crippen LogP contribution in [0.4, 0.5) is 8.78 Å². The Bertz CT molecular complexity index is 437. The van der Waals surface area contributed by atoms with Crippen LogP contribution in [0.15, 0.2) is 18.2 Å². The molecular weight excluding hydrogens is 246 g/mol. The van der Waals surface area contributed by atoms with Gasteiger partial charge in [0.1, 0.15) is 11.6 Å². The maximum atomic E-state index is 13.2. The SMILES string of the molecule is NC(=S)CCCNC(=O)c1cc(F)ccc1F. The third kappa shape index (κ3) is 4.44. The van der Waals surface area contributed by atoms with Crippen molar-refractivity contribution in [2.24, 2.45) is 5.73 Å². The Labute approximate surface area is 103 Å². The number of carbonyl (C=O) groups is 1. The minimum absolute atomic E-state index is 0.305. The van der Waals surface area contributed by atoms with Gasteiger partial charge in [-0.25, -0.2) is 8.78 Å². The number of amides is 1. The summed E-state index contributed by atoms with van der Waals surface area (Å²) < 4.78 is 26.0. The zero-order valence-electron chi connectivity index (χ0n) is 9.00. The Kier molecular flexibility index (Phi) is 4.96. The number of nitrogens with two attached hydrogens (primary N) is 1. The number of halogens is 2. The van der Waals surface area contributed by atoms with Gasteiger partial charge in [0.05, 0.1) is 10.6 Å². The highest BCUT2D eigenvalue weighted by atomic mass is 32.1. The van der Waals surface area contributed by atoms with Crippen molar-refractivity contribution >= 4 is 23.1 Å². The number of carbonyl (C=O) groups excluding carboxylic acids is 1. The first-order valence-corrected chi connectivity index (χ1v) is 5.43. The van der Waals surface area contributed by atoms with Crippen LogP contribution in [0, 0.1) is 11.6 Å². The van der Waals surface area contributed by atoms with Crippen LogP contribution in [0.5, 0.6) is 0 Å². The largest absolute Gasteiger partial charge is 0.393 e. The monoisotopic (exact) mass is 258 g/mol. The first-order valence-electron chi connectivity index (χ1n) is 5.02. The van der Waals surface area contributed by atoms with Crippen LogP contribution in [-0.4, -0.2) is 17.4 Å². The van der Waals surface area contributed by atoms with Gasteiger partial charge in [0, 0.05) is 6.54 Å². The molecule has 0 aliphatic heterocycles. The van der Waals surface area contributed by atoms with Crippen molar-refractivity contribution in [2.45, 2.75) is 12.8 Å². The molecule has 0 saturated carbocycles. The van der Waals surface area contributed by atoms with Gasteiger partial charge in [-0.05, 0) is 31.0 Å². The molecule has 6 heteroatoms. The van der Waals surface area contributed by atoms with E-state index in [2.05, 4.69) is 17.5 Å². The van der Waals surface area contributed by atoms with E-state index in [1.807, 2.05) is 0 Å². The number of nitrogens with one attached hydrogen (secondary N) is 1. The van der Waals surface area contributed by atoms with E-state index in [1.165, 1.54) is 0 Å². The molecule has 0 heterocycles. The zero-order valence-corrected chi connectivity index (χ0v) is 9.82. The number of thiocarbonyl (C=S) groups is 1. The Morgan fingerprint density at radius 3 is 2.76 bits per heavy atom. The minimum Gasteiger partial charge on any atom is -0.393 e. The van der Waals surface area contributed by atoms with Crippen LogP contribution in [0.25, 0.3) is 0 Å². The van der Waals surface area contributed by atoms with Gasteiger partial charge >= 0.3 is 0 Å². The molecule has 17 heavy (non-hydrogen) atoms. The van der Waals surface area contributed by atoms with Gasteiger partial charge in [-0.15, -0.1) is 0 Å². The van der Waals surface area contributed by atoms with Gasteiger partial charge in [-0.3, -0.25) is 4.79 Å². The number of hydrogen-bond acceptors (Lipinski definition) is 2. The summed E-state index contributed by atoms with van der Waals surface area (Å²) in [7, 11) is 0. The van der Waals surface area contributed by atoms with Gasteiger partial charge in [0.25, 0.3) is 5.91 Å². The summed E-state index contributed by atoms with van der Waals surface area (Å²) in [5.74, 6) is -2.05. The zero-order chi connectivity index (χ0) is 12.8. The van der Waals surface area contributed by atoms with E-state index in [-0.39, 0.29) is 5.56 Å². The molecule has 0 aliphatic carbocycles. The molecule has 0 saturated heterocycles. The summed E-state index contributed by atoms with van der Waals surface area (Å²) in [5, 5.41) is 2.46. The molecular formula is C11H12F2N2OS. The van der Waals surface area contributed by atoms with Crippen molar-refractivity contribution in [3.05, 3.63) is 35.4 Å². The molecule has 1 aromatic carbocycles. The molecule has 0 aliphatic rings. The van der Waals surface area contributed by atoms with E-state index in [9.17, 15) is 13.6 Å². The average molecular weight is 258 g/mol. The third-order valence-corrected chi connectivity index (χ3v) is 2.26. The second-order valence-electron chi connectivity index (χ2n) is 3.45. The molecule has 3 N–H and O–H groups in total. The maximum absolute atomic E-state index is 13.2. The van der Waals surface area contributed by atoms with E-state index in [0.717, 1.165) is 18.2 Å². The molecule has 0 spiro atoms. The molecule has 3 nitrogen and oxygen atoms in total. The van der Waals surface area contributed by atoms with Crippen molar-refractivity contribution in [3.8, 4) is 0 Å². The van der Waals surface area contributed by atoms with Crippen molar-refractivity contribution in [1.29, 1.82) is 0 Å². The molecule has 1 aromatic rings. The molecule has 0 fully saturated rings. The fourth-order valence-corrected chi connectivity index (χ4v) is 1.38. The van der Waals surface area contributed by atoms with Crippen LogP contribution in [-0.2, 0) is 0 Å². The quantitative estimate of drug-likeness (QED) is 0.625. The second-order valence-corrected chi connectivity index (χ2v) is 3.97. The summed E-state index contributed by atoms with van der Waals surface area (Å²) in [5.41, 5.74) is 4.97. The Morgan fingerprint density at radius 1 is 1.41 bits per heavy atom. The summed E-state index contributed by atoms with van der Waals surface area (Å²) in [6, 6.07) is 2.73. The summed E-state index contributed by atoms with van der Waals surface area (Å²) in [6.07, 6.45) is 1.07. The lowest BCUT2D eigenvalue weighted by atomic mass is 10.2. The van der Waals surface area contributed by atoms with E-state index in [1.54, 1.807) is 0 Å². The maximum Gasteiger partial charge on any atom is 0.254 e. The van der Waals surface area contributed by atoms with Gasteiger partial charge in [-0.1, -0.05) is 12.2 Å². The van der Waals surface area contributed by atoms with Gasteiger partial charge in [0.2, 0.25) is 0 Å². The molecule has 0 aromatic heterocycles. The fraction of sp³-hybridized carbons (Fsp3) is 0.273. The lowest BCUT2D eigenvalue weighted by Gasteiger charge is -2.05. The summed E-state index contributed by atoms with van der Waals surface area (Å²) in [6.45, 7) is 0.312. The molecule has 0 atom stereocenters. The minimum atomic E-state index is -0.752. The topological polar surface area (TPSA) is 55.1 Å². The van der Waals surface area contributed by atoms with Gasteiger partial charge < -0.3 is 11.1 Å². The predicted molar refractivity (Wildman–Crippen MR) is 64.7 cm³/mol. The highest BCUT2D eigenvalue weighted by molar-refractivity contribution is 7.80. The standard InChI is InChI=1S/C11H12F2N2OS/c12-7-3-4-9(13)8(6-7)11(16)15-5-1-2-10(14)17/h3-4,6H,1-2,5H2,(H2,14,17)(H,15,16). The number of benzene rings is 1. The van der Waals surface area contributed by atoms with Crippen LogP contribution in [0.1, 0.15) is 23.2 Å². The Balaban J connectivity index is 2.52. The lowest BCUT2D eigenvalue weighted by Crippen LogP contribution is -2.26. The number of rotatable bonds is 5. The van der Waals surface area contributed by atoms with E-state index < -0.39 is 17.5 Å². The van der Waals surface area contributed by atoms with Crippen molar-refractivity contribution < 1.29 is 13.6 Å². The summed E-state index contributed by atoms with van der Waals surface area (Å²) >= 11 is 4.66. The second kappa shape index (κ2) is 6.24. The van der Waals surface area contributed by atoms with Crippen molar-refractivity contribution in [3.63, 3.8) is 0 Å². The normalized spacial score (nSPS) is 10.0. The van der Waals surface area contributed by atoms with Crippen molar-refractivity contribution in [2.75, 3.05) is 6.54 Å². The Morgan fingerprint density at radius 2 is 2.12 bits per heavy atom. The number of hydrogen-bond donors (Lipinski definition) is 2. The average Bonchev–Trinajstić information content (AvgIpc) is 2.27. The molecule has 1 amide bonds. The fourth-order valence-electron chi connectivity index (χ4n) is 1.23. The van der Waals surface area contributed by atoms with Crippen LogP contribution in [0.2, 0.25) is 0 Å². The van der Waals surface area contributed by atoms with Crippen molar-refractivity contribution in [1.82, 2.24) is 5.32 Å². The lowest BCUT2D eigenvalue weighted by molar-refractivity contribution is 0.0949. The highest BCUT2D eigenvalue weighted by Gasteiger charge is 2.11. The van der Waals surface area contributed by atoms with Gasteiger partial charge in [-0.2, -0.15) is 0 Å². The Hall–Kier alpha value is -1.56. The first kappa shape index (κ1) is 13.5. The van der Waals surface area contributed by atoms with Crippen LogP contribution < -0.4 is 11.1 Å². The smallest absolute Gasteiger partial charge is 0.254 e. The van der Waals surface area contributed by atoms with Gasteiger partial charge in [0.15, 0.2) is 0 Å². The van der Waals surface area contributed by atoms with Crippen LogP contribution >= 0.6 is 12.2 Å². The molecule has 1 rings (SSSR count). The van der Waals surface area contributed by atoms with E-state index >= 15 is 0 Å². The van der Waals surface area contributed by atoms with E-state index in [0.29, 0.717) is 24.4 Å². The van der Waals surface area contributed by atoms with E-state index in [4.69, 9.17) is 5.73 Å². The summed E-state index contributed by atoms with van der Waals surface area (Å²) in [4.78, 5) is 11.8. The first-order chi connectivity index (χ1) is 8.00. The third-order valence-electron chi connectivity index (χ3n) is 2.06. The molecule has 0 bridgehead atoms. The molecule has 0 radical (unpaired) electrons. The highest BCUT2D eigenvalue weighted by Crippen LogP contribution is 2.09. The van der Waals surface area contributed by atoms with Crippen LogP contribution in [0.3, 0.4) is 0 Å².